The van der Waals surface area contributed by atoms with E-state index in [2.05, 4.69) is 5.32 Å². The van der Waals surface area contributed by atoms with Crippen LogP contribution < -0.4 is 5.32 Å². The molecule has 3 fully saturated rings. The van der Waals surface area contributed by atoms with E-state index in [9.17, 15) is 31.9 Å². The van der Waals surface area contributed by atoms with Gasteiger partial charge in [-0.05, 0) is 60.9 Å². The lowest BCUT2D eigenvalue weighted by Crippen LogP contribution is -2.60. The van der Waals surface area contributed by atoms with Gasteiger partial charge in [-0.2, -0.15) is 13.2 Å². The molecule has 0 bridgehead atoms. The van der Waals surface area contributed by atoms with Crippen molar-refractivity contribution in [3.63, 3.8) is 0 Å². The van der Waals surface area contributed by atoms with Gasteiger partial charge in [0.25, 0.3) is 17.4 Å². The molecule has 2 aromatic carbocycles. The first-order chi connectivity index (χ1) is 19.5. The Hall–Kier alpha value is -3.47. The molecule has 41 heavy (non-hydrogen) atoms. The number of nitrogens with zero attached hydrogens (tertiary/aromatic N) is 2. The second-order valence-electron chi connectivity index (χ2n) is 11.2. The molecule has 1 unspecified atom stereocenters. The summed E-state index contributed by atoms with van der Waals surface area (Å²) in [4.78, 5) is 41.9. The van der Waals surface area contributed by atoms with Crippen LogP contribution in [0.2, 0.25) is 0 Å². The summed E-state index contributed by atoms with van der Waals surface area (Å²) in [6, 6.07) is 11.1. The first kappa shape index (κ1) is 29.0. The minimum Gasteiger partial charge on any atom is -0.356 e. The van der Waals surface area contributed by atoms with Gasteiger partial charge in [0.2, 0.25) is 5.91 Å². The lowest BCUT2D eigenvalue weighted by atomic mass is 9.62. The molecule has 3 heterocycles. The van der Waals surface area contributed by atoms with Crippen LogP contribution in [0.4, 0.5) is 17.6 Å². The molecule has 3 saturated heterocycles. The van der Waals surface area contributed by atoms with Gasteiger partial charge in [-0.1, -0.05) is 24.3 Å². The Morgan fingerprint density at radius 2 is 1.63 bits per heavy atom. The molecule has 2 atom stereocenters. The molecule has 0 aliphatic carbocycles. The van der Waals surface area contributed by atoms with Gasteiger partial charge in [0, 0.05) is 63.3 Å². The normalized spacial score (nSPS) is 22.4. The Balaban J connectivity index is 1.43. The average Bonchev–Trinajstić information content (AvgIpc) is 3.49. The van der Waals surface area contributed by atoms with Crippen LogP contribution in [0, 0.1) is 11.2 Å². The molecule has 3 amide bonds. The number of hydrogen-bond acceptors (Lipinski definition) is 4. The molecular weight excluding hydrogens is 542 g/mol. The zero-order valence-corrected chi connectivity index (χ0v) is 22.8. The van der Waals surface area contributed by atoms with Crippen molar-refractivity contribution in [2.24, 2.45) is 5.41 Å². The lowest BCUT2D eigenvalue weighted by molar-refractivity contribution is -0.271. The van der Waals surface area contributed by atoms with Crippen LogP contribution in [0.1, 0.15) is 59.5 Å². The highest BCUT2D eigenvalue weighted by Gasteiger charge is 2.64. The monoisotopic (exact) mass is 575 g/mol. The summed E-state index contributed by atoms with van der Waals surface area (Å²) in [5.74, 6) is -2.37. The Labute approximate surface area is 235 Å². The first-order valence-corrected chi connectivity index (χ1v) is 13.8. The van der Waals surface area contributed by atoms with Gasteiger partial charge in [-0.3, -0.25) is 14.4 Å². The summed E-state index contributed by atoms with van der Waals surface area (Å²) >= 11 is 0. The van der Waals surface area contributed by atoms with E-state index in [0.717, 1.165) is 42.5 Å². The van der Waals surface area contributed by atoms with Gasteiger partial charge in [0.05, 0.1) is 0 Å². The minimum atomic E-state index is -5.12. The Kier molecular flexibility index (Phi) is 7.84. The zero-order valence-electron chi connectivity index (χ0n) is 22.8. The molecule has 220 valence electrons. The second-order valence-corrected chi connectivity index (χ2v) is 11.2. The van der Waals surface area contributed by atoms with E-state index in [4.69, 9.17) is 4.74 Å². The molecule has 0 aromatic heterocycles. The van der Waals surface area contributed by atoms with Crippen molar-refractivity contribution in [3.05, 3.63) is 71.0 Å². The number of methoxy groups -OCH3 is 1. The summed E-state index contributed by atoms with van der Waals surface area (Å²) in [6.07, 6.45) is -2.72. The zero-order chi connectivity index (χ0) is 29.4. The third kappa shape index (κ3) is 5.20. The number of carbonyl (C=O) groups excluding carboxylic acids is 3. The average molecular weight is 576 g/mol. The number of hydrogen-bond donors (Lipinski definition) is 1. The number of rotatable bonds is 5. The highest BCUT2D eigenvalue weighted by molar-refractivity contribution is 5.95. The van der Waals surface area contributed by atoms with Crippen LogP contribution in [0.15, 0.2) is 48.5 Å². The Morgan fingerprint density at radius 3 is 2.24 bits per heavy atom. The predicted molar refractivity (Wildman–Crippen MR) is 141 cm³/mol. The number of alkyl halides is 3. The fraction of sp³-hybridized carbons (Fsp3) is 0.500. The van der Waals surface area contributed by atoms with Crippen molar-refractivity contribution in [2.75, 3.05) is 39.8 Å². The first-order valence-electron chi connectivity index (χ1n) is 13.8. The maximum absolute atomic E-state index is 14.9. The topological polar surface area (TPSA) is 79.0 Å². The number of amides is 3. The molecule has 1 spiro atoms. The standard InChI is InChI=1S/C30H33F4N3O4/c1-41-29(30(32,33)34,22-6-4-5-21(17-22)26(39)36-13-2-3-14-36)27(40)37-15-11-28(12-16-37)18-25(38)35-19-24(28)20-7-9-23(31)10-8-20/h4-10,17,24H,2-3,11-16,18-19H2,1H3,(H,35,38)/t24-,29?/m0/s1. The summed E-state index contributed by atoms with van der Waals surface area (Å²) in [6.45, 7) is 1.35. The molecule has 11 heteroatoms. The van der Waals surface area contributed by atoms with Crippen molar-refractivity contribution in [1.29, 1.82) is 0 Å². The number of benzene rings is 2. The molecule has 0 saturated carbocycles. The number of carbonyl (C=O) groups is 3. The van der Waals surface area contributed by atoms with Gasteiger partial charge in [0.15, 0.2) is 0 Å². The summed E-state index contributed by atoms with van der Waals surface area (Å²) in [7, 11) is 0.849. The fourth-order valence-corrected chi connectivity index (χ4v) is 6.71. The van der Waals surface area contributed by atoms with Gasteiger partial charge in [-0.25, -0.2) is 4.39 Å². The molecule has 3 aliphatic heterocycles. The van der Waals surface area contributed by atoms with E-state index in [1.54, 1.807) is 17.0 Å². The maximum Gasteiger partial charge on any atom is 0.430 e. The summed E-state index contributed by atoms with van der Waals surface area (Å²) in [5.41, 5.74) is -3.46. The Bertz CT molecular complexity index is 1300. The van der Waals surface area contributed by atoms with E-state index in [0.29, 0.717) is 32.5 Å². The Morgan fingerprint density at radius 1 is 0.976 bits per heavy atom. The van der Waals surface area contributed by atoms with Crippen molar-refractivity contribution in [1.82, 2.24) is 15.1 Å². The predicted octanol–water partition coefficient (Wildman–Crippen LogP) is 4.38. The van der Waals surface area contributed by atoms with Crippen LogP contribution >= 0.6 is 0 Å². The molecule has 0 radical (unpaired) electrons. The smallest absolute Gasteiger partial charge is 0.356 e. The SMILES string of the molecule is COC(C(=O)N1CCC2(CC1)CC(=O)NC[C@H]2c1ccc(F)cc1)(c1cccc(C(=O)N2CCCC2)c1)C(F)(F)F. The van der Waals surface area contributed by atoms with Crippen molar-refractivity contribution in [2.45, 2.75) is 49.8 Å². The van der Waals surface area contributed by atoms with E-state index in [-0.39, 0.29) is 42.8 Å². The third-order valence-corrected chi connectivity index (χ3v) is 8.99. The molecule has 5 rings (SSSR count). The quantitative estimate of drug-likeness (QED) is 0.537. The van der Waals surface area contributed by atoms with Gasteiger partial charge in [0.1, 0.15) is 5.82 Å². The van der Waals surface area contributed by atoms with E-state index in [1.165, 1.54) is 24.3 Å². The lowest BCUT2D eigenvalue weighted by Gasteiger charge is -2.50. The van der Waals surface area contributed by atoms with Gasteiger partial charge in [-0.15, -0.1) is 0 Å². The molecule has 3 aliphatic rings. The fourth-order valence-electron chi connectivity index (χ4n) is 6.71. The molecular formula is C30H33F4N3O4. The van der Waals surface area contributed by atoms with Crippen molar-refractivity contribution in [3.8, 4) is 0 Å². The number of nitrogens with one attached hydrogen (secondary N) is 1. The molecule has 1 N–H and O–H groups in total. The number of likely N-dealkylation sites (tertiary alicyclic amines) is 2. The number of halogens is 4. The molecule has 7 nitrogen and oxygen atoms in total. The summed E-state index contributed by atoms with van der Waals surface area (Å²) in [5, 5.41) is 2.85. The van der Waals surface area contributed by atoms with Crippen LogP contribution in [0.5, 0.6) is 0 Å². The number of piperidine rings is 2. The van der Waals surface area contributed by atoms with Crippen LogP contribution in [-0.2, 0) is 19.9 Å². The minimum absolute atomic E-state index is 0.0165. The van der Waals surface area contributed by atoms with Crippen LogP contribution in [0.25, 0.3) is 0 Å². The van der Waals surface area contributed by atoms with Gasteiger partial charge >= 0.3 is 6.18 Å². The van der Waals surface area contributed by atoms with Crippen LogP contribution in [-0.4, -0.2) is 73.5 Å². The van der Waals surface area contributed by atoms with Crippen molar-refractivity contribution < 1.29 is 36.7 Å². The van der Waals surface area contributed by atoms with Crippen LogP contribution in [0.3, 0.4) is 0 Å². The van der Waals surface area contributed by atoms with E-state index < -0.39 is 34.5 Å². The maximum atomic E-state index is 14.9. The van der Waals surface area contributed by atoms with E-state index >= 15 is 0 Å². The van der Waals surface area contributed by atoms with Crippen molar-refractivity contribution >= 4 is 17.7 Å². The highest BCUT2D eigenvalue weighted by atomic mass is 19.4. The van der Waals surface area contributed by atoms with E-state index in [1.807, 2.05) is 0 Å². The second kappa shape index (κ2) is 11.1. The third-order valence-electron chi connectivity index (χ3n) is 8.99. The number of ether oxygens (including phenoxy) is 1. The highest BCUT2D eigenvalue weighted by Crippen LogP contribution is 2.50. The molecule has 2 aromatic rings. The largest absolute Gasteiger partial charge is 0.430 e. The van der Waals surface area contributed by atoms with Gasteiger partial charge < -0.3 is 19.9 Å². The summed E-state index contributed by atoms with van der Waals surface area (Å²) < 4.78 is 63.3.